The van der Waals surface area contributed by atoms with Crippen molar-refractivity contribution in [1.29, 1.82) is 0 Å². The number of aliphatic hydroxyl groups is 1. The topological polar surface area (TPSA) is 120 Å². The molecule has 4 aromatic carbocycles. The van der Waals surface area contributed by atoms with Crippen LogP contribution in [0.3, 0.4) is 0 Å². The van der Waals surface area contributed by atoms with Crippen molar-refractivity contribution in [3.8, 4) is 17.2 Å². The van der Waals surface area contributed by atoms with Gasteiger partial charge in [0.15, 0.2) is 0 Å². The number of esters is 1. The van der Waals surface area contributed by atoms with Gasteiger partial charge in [-0.05, 0) is 66.1 Å². The van der Waals surface area contributed by atoms with Crippen LogP contribution >= 0.6 is 0 Å². The molecule has 9 heteroatoms. The first kappa shape index (κ1) is 29.3. The zero-order chi connectivity index (χ0) is 29.1. The highest BCUT2D eigenvalue weighted by Gasteiger charge is 2.33. The van der Waals surface area contributed by atoms with Gasteiger partial charge in [-0.25, -0.2) is 0 Å². The van der Waals surface area contributed by atoms with Gasteiger partial charge in [0.05, 0.1) is 25.1 Å². The van der Waals surface area contributed by atoms with Crippen LogP contribution in [-0.4, -0.2) is 42.8 Å². The summed E-state index contributed by atoms with van der Waals surface area (Å²) in [6.45, 7) is 1.55. The molecule has 41 heavy (non-hydrogen) atoms. The lowest BCUT2D eigenvalue weighted by Gasteiger charge is -2.30. The van der Waals surface area contributed by atoms with Gasteiger partial charge in [-0.3, -0.25) is 14.9 Å². The SMILES string of the molecule is COc1ccc(C(O)(c2ccccc2)c2ccc(OCCCNCCC(=O)Oc3ccc([N+](=O)[O-])cc3)cc2)cc1. The Labute approximate surface area is 238 Å². The van der Waals surface area contributed by atoms with Gasteiger partial charge in [0.25, 0.3) is 5.69 Å². The molecule has 0 aromatic heterocycles. The molecule has 2 N–H and O–H groups in total. The molecule has 0 bridgehead atoms. The number of nitrogens with one attached hydrogen (secondary N) is 1. The molecule has 0 saturated carbocycles. The lowest BCUT2D eigenvalue weighted by molar-refractivity contribution is -0.384. The quantitative estimate of drug-likeness (QED) is 0.0540. The highest BCUT2D eigenvalue weighted by atomic mass is 16.6. The lowest BCUT2D eigenvalue weighted by atomic mass is 9.80. The molecule has 1 unspecified atom stereocenters. The average molecular weight is 557 g/mol. The largest absolute Gasteiger partial charge is 0.497 e. The van der Waals surface area contributed by atoms with Crippen LogP contribution in [0.25, 0.3) is 0 Å². The number of nitro groups is 1. The number of methoxy groups -OCH3 is 1. The van der Waals surface area contributed by atoms with Crippen molar-refractivity contribution in [3.05, 3.63) is 130 Å². The molecule has 0 heterocycles. The van der Waals surface area contributed by atoms with Crippen LogP contribution < -0.4 is 19.5 Å². The van der Waals surface area contributed by atoms with E-state index < -0.39 is 16.5 Å². The third-order valence-electron chi connectivity index (χ3n) is 6.52. The first-order valence-electron chi connectivity index (χ1n) is 13.2. The summed E-state index contributed by atoms with van der Waals surface area (Å²) < 4.78 is 16.3. The summed E-state index contributed by atoms with van der Waals surface area (Å²) in [6.07, 6.45) is 0.886. The number of rotatable bonds is 14. The second-order valence-corrected chi connectivity index (χ2v) is 9.26. The fourth-order valence-electron chi connectivity index (χ4n) is 4.32. The van der Waals surface area contributed by atoms with Crippen LogP contribution in [0, 0.1) is 10.1 Å². The Bertz CT molecular complexity index is 1410. The van der Waals surface area contributed by atoms with Crippen molar-refractivity contribution in [2.45, 2.75) is 18.4 Å². The molecule has 1 atom stereocenters. The van der Waals surface area contributed by atoms with Gasteiger partial charge >= 0.3 is 5.97 Å². The van der Waals surface area contributed by atoms with Crippen molar-refractivity contribution in [3.63, 3.8) is 0 Å². The van der Waals surface area contributed by atoms with Crippen molar-refractivity contribution in [2.75, 3.05) is 26.8 Å². The highest BCUT2D eigenvalue weighted by molar-refractivity contribution is 5.72. The van der Waals surface area contributed by atoms with Crippen LogP contribution in [0.5, 0.6) is 17.2 Å². The lowest BCUT2D eigenvalue weighted by Crippen LogP contribution is -2.28. The molecular formula is C32H32N2O7. The minimum Gasteiger partial charge on any atom is -0.497 e. The molecule has 4 aromatic rings. The summed E-state index contributed by atoms with van der Waals surface area (Å²) in [5, 5.41) is 25.9. The van der Waals surface area contributed by atoms with E-state index in [-0.39, 0.29) is 17.9 Å². The van der Waals surface area contributed by atoms with Gasteiger partial charge < -0.3 is 24.6 Å². The van der Waals surface area contributed by atoms with Crippen LogP contribution in [0.15, 0.2) is 103 Å². The molecule has 0 saturated heterocycles. The van der Waals surface area contributed by atoms with Crippen molar-refractivity contribution in [2.24, 2.45) is 0 Å². The highest BCUT2D eigenvalue weighted by Crippen LogP contribution is 2.37. The zero-order valence-corrected chi connectivity index (χ0v) is 22.7. The maximum Gasteiger partial charge on any atom is 0.312 e. The van der Waals surface area contributed by atoms with E-state index in [2.05, 4.69) is 5.32 Å². The number of non-ortho nitro benzene ring substituents is 1. The Hall–Kier alpha value is -4.73. The molecule has 0 amide bonds. The van der Waals surface area contributed by atoms with Crippen molar-refractivity contribution < 1.29 is 29.0 Å². The maximum atomic E-state index is 12.0. The third-order valence-corrected chi connectivity index (χ3v) is 6.52. The maximum absolute atomic E-state index is 12.0. The third kappa shape index (κ3) is 7.69. The van der Waals surface area contributed by atoms with Crippen molar-refractivity contribution in [1.82, 2.24) is 5.32 Å². The van der Waals surface area contributed by atoms with E-state index in [1.807, 2.05) is 78.9 Å². The Kier molecular flexibility index (Phi) is 10.0. The Morgan fingerprint density at radius 3 is 1.95 bits per heavy atom. The van der Waals surface area contributed by atoms with Gasteiger partial charge in [0.2, 0.25) is 0 Å². The summed E-state index contributed by atoms with van der Waals surface area (Å²) in [5.74, 6) is 1.24. The van der Waals surface area contributed by atoms with Gasteiger partial charge in [-0.15, -0.1) is 0 Å². The van der Waals surface area contributed by atoms with Gasteiger partial charge in [-0.1, -0.05) is 54.6 Å². The first-order valence-corrected chi connectivity index (χ1v) is 13.2. The van der Waals surface area contributed by atoms with Gasteiger partial charge in [-0.2, -0.15) is 0 Å². The molecule has 0 fully saturated rings. The predicted octanol–water partition coefficient (Wildman–Crippen LogP) is 5.24. The molecule has 212 valence electrons. The monoisotopic (exact) mass is 556 g/mol. The molecule has 9 nitrogen and oxygen atoms in total. The summed E-state index contributed by atoms with van der Waals surface area (Å²) in [5.41, 5.74) is 0.771. The Morgan fingerprint density at radius 2 is 1.37 bits per heavy atom. The summed E-state index contributed by atoms with van der Waals surface area (Å²) in [4.78, 5) is 22.2. The van der Waals surface area contributed by atoms with E-state index >= 15 is 0 Å². The summed E-state index contributed by atoms with van der Waals surface area (Å²) in [7, 11) is 1.61. The van der Waals surface area contributed by atoms with E-state index in [1.54, 1.807) is 7.11 Å². The number of hydrogen-bond acceptors (Lipinski definition) is 8. The van der Waals surface area contributed by atoms with Gasteiger partial charge in [0, 0.05) is 18.7 Å². The predicted molar refractivity (Wildman–Crippen MR) is 154 cm³/mol. The number of carbonyl (C=O) groups is 1. The number of ether oxygens (including phenoxy) is 3. The smallest absolute Gasteiger partial charge is 0.312 e. The number of benzene rings is 4. The molecule has 0 aliphatic heterocycles. The van der Waals surface area contributed by atoms with Crippen LogP contribution in [0.2, 0.25) is 0 Å². The van der Waals surface area contributed by atoms with Crippen LogP contribution in [-0.2, 0) is 10.4 Å². The Morgan fingerprint density at radius 1 is 0.805 bits per heavy atom. The fourth-order valence-corrected chi connectivity index (χ4v) is 4.32. The first-order chi connectivity index (χ1) is 19.9. The molecule has 0 spiro atoms. The van der Waals surface area contributed by atoms with Crippen LogP contribution in [0.4, 0.5) is 5.69 Å². The summed E-state index contributed by atoms with van der Waals surface area (Å²) >= 11 is 0. The van der Waals surface area contributed by atoms with Crippen LogP contribution in [0.1, 0.15) is 29.5 Å². The minimum atomic E-state index is -1.35. The van der Waals surface area contributed by atoms with E-state index in [9.17, 15) is 20.0 Å². The number of nitro benzene ring substituents is 1. The Balaban J connectivity index is 1.23. The minimum absolute atomic E-state index is 0.0631. The summed E-state index contributed by atoms with van der Waals surface area (Å²) in [6, 6.07) is 29.7. The zero-order valence-electron chi connectivity index (χ0n) is 22.7. The second kappa shape index (κ2) is 14.1. The standard InChI is InChI=1S/C32H32N2O7/c1-39-28-14-8-25(9-15-28)32(36,24-6-3-2-4-7-24)26-10-16-29(17-11-26)40-23-5-21-33-22-20-31(35)41-30-18-12-27(13-19-30)34(37)38/h2-4,6-19,33,36H,5,20-23H2,1H3. The normalized spacial score (nSPS) is 12.2. The number of hydrogen-bond donors (Lipinski definition) is 2. The van der Waals surface area contributed by atoms with Crippen molar-refractivity contribution >= 4 is 11.7 Å². The second-order valence-electron chi connectivity index (χ2n) is 9.26. The van der Waals surface area contributed by atoms with E-state index in [1.165, 1.54) is 24.3 Å². The molecule has 0 aliphatic carbocycles. The average Bonchev–Trinajstić information content (AvgIpc) is 3.01. The number of carbonyl (C=O) groups excluding carboxylic acids is 1. The molecular weight excluding hydrogens is 524 g/mol. The number of nitrogens with zero attached hydrogens (tertiary/aromatic N) is 1. The molecule has 0 aliphatic rings. The van der Waals surface area contributed by atoms with E-state index in [0.29, 0.717) is 36.8 Å². The van der Waals surface area contributed by atoms with Gasteiger partial charge in [0.1, 0.15) is 22.8 Å². The molecule has 0 radical (unpaired) electrons. The fraction of sp³-hybridized carbons (Fsp3) is 0.219. The van der Waals surface area contributed by atoms with E-state index in [4.69, 9.17) is 14.2 Å². The molecule has 4 rings (SSSR count). The van der Waals surface area contributed by atoms with E-state index in [0.717, 1.165) is 17.5 Å².